The van der Waals surface area contributed by atoms with Crippen LogP contribution in [0.2, 0.25) is 0 Å². The summed E-state index contributed by atoms with van der Waals surface area (Å²) in [7, 11) is -3.41. The molecule has 0 amide bonds. The Bertz CT molecular complexity index is 513. The van der Waals surface area contributed by atoms with E-state index in [0.29, 0.717) is 22.8 Å². The number of nitrogens with two attached hydrogens (primary N) is 1. The second-order valence-electron chi connectivity index (χ2n) is 4.09. The smallest absolute Gasteiger partial charge is 0.240 e. The Morgan fingerprint density at radius 2 is 2.00 bits per heavy atom. The standard InChI is InChI=1S/C12H18N2O2S2/c1-10-6-2-3-7-11(10)18(15,16)14-9-5-4-8-12(13)17/h2-3,6-7,14H,4-5,8-9H2,1H3,(H2,13,17). The summed E-state index contributed by atoms with van der Waals surface area (Å²) in [6.45, 7) is 2.18. The first kappa shape index (κ1) is 15.1. The molecule has 4 nitrogen and oxygen atoms in total. The van der Waals surface area contributed by atoms with Crippen LogP contribution in [-0.4, -0.2) is 20.0 Å². The summed E-state index contributed by atoms with van der Waals surface area (Å²) in [6, 6.07) is 6.92. The predicted octanol–water partition coefficient (Wildman–Crippen LogP) is 1.73. The number of aryl methyl sites for hydroxylation is 1. The molecule has 0 aliphatic rings. The van der Waals surface area contributed by atoms with Crippen LogP contribution in [0.25, 0.3) is 0 Å². The third-order valence-corrected chi connectivity index (χ3v) is 4.35. The van der Waals surface area contributed by atoms with E-state index in [1.165, 1.54) is 0 Å². The van der Waals surface area contributed by atoms with Crippen LogP contribution in [0.15, 0.2) is 29.2 Å². The zero-order valence-corrected chi connectivity index (χ0v) is 12.0. The summed E-state index contributed by atoms with van der Waals surface area (Å²) in [6.07, 6.45) is 2.18. The lowest BCUT2D eigenvalue weighted by molar-refractivity contribution is 0.577. The predicted molar refractivity (Wildman–Crippen MR) is 77.0 cm³/mol. The second kappa shape index (κ2) is 6.82. The van der Waals surface area contributed by atoms with Crippen LogP contribution in [0.4, 0.5) is 0 Å². The number of unbranched alkanes of at least 4 members (excludes halogenated alkanes) is 1. The van der Waals surface area contributed by atoms with Crippen LogP contribution in [0.1, 0.15) is 24.8 Å². The number of hydrogen-bond donors (Lipinski definition) is 2. The molecular weight excluding hydrogens is 268 g/mol. The number of thiocarbonyl (C=S) groups is 1. The van der Waals surface area contributed by atoms with E-state index in [1.807, 2.05) is 6.07 Å². The van der Waals surface area contributed by atoms with Crippen LogP contribution in [-0.2, 0) is 10.0 Å². The summed E-state index contributed by atoms with van der Waals surface area (Å²) >= 11 is 4.75. The Hall–Kier alpha value is -0.980. The van der Waals surface area contributed by atoms with Gasteiger partial charge in [0, 0.05) is 6.54 Å². The maximum Gasteiger partial charge on any atom is 0.240 e. The highest BCUT2D eigenvalue weighted by Crippen LogP contribution is 2.13. The molecular formula is C12H18N2O2S2. The first-order valence-electron chi connectivity index (χ1n) is 5.77. The normalized spacial score (nSPS) is 11.4. The van der Waals surface area contributed by atoms with E-state index in [2.05, 4.69) is 4.72 Å². The van der Waals surface area contributed by atoms with E-state index < -0.39 is 10.0 Å². The van der Waals surface area contributed by atoms with Gasteiger partial charge in [-0.15, -0.1) is 0 Å². The van der Waals surface area contributed by atoms with Gasteiger partial charge in [0.05, 0.1) is 9.88 Å². The maximum absolute atomic E-state index is 12.0. The average molecular weight is 286 g/mol. The highest BCUT2D eigenvalue weighted by molar-refractivity contribution is 7.89. The van der Waals surface area contributed by atoms with Crippen molar-refractivity contribution in [3.63, 3.8) is 0 Å². The lowest BCUT2D eigenvalue weighted by Gasteiger charge is -2.08. The largest absolute Gasteiger partial charge is 0.393 e. The van der Waals surface area contributed by atoms with Gasteiger partial charge in [0.25, 0.3) is 0 Å². The summed E-state index contributed by atoms with van der Waals surface area (Å²) in [5.74, 6) is 0. The summed E-state index contributed by atoms with van der Waals surface area (Å²) in [5, 5.41) is 0. The molecule has 0 saturated carbocycles. The first-order chi connectivity index (χ1) is 8.43. The van der Waals surface area contributed by atoms with E-state index >= 15 is 0 Å². The monoisotopic (exact) mass is 286 g/mol. The minimum Gasteiger partial charge on any atom is -0.393 e. The van der Waals surface area contributed by atoms with Crippen molar-refractivity contribution in [2.24, 2.45) is 5.73 Å². The van der Waals surface area contributed by atoms with Gasteiger partial charge in [-0.2, -0.15) is 0 Å². The molecule has 0 aliphatic heterocycles. The molecule has 0 saturated heterocycles. The van der Waals surface area contributed by atoms with Gasteiger partial charge in [-0.25, -0.2) is 13.1 Å². The van der Waals surface area contributed by atoms with Crippen molar-refractivity contribution < 1.29 is 8.42 Å². The van der Waals surface area contributed by atoms with E-state index in [0.717, 1.165) is 18.4 Å². The number of benzene rings is 1. The van der Waals surface area contributed by atoms with Crippen LogP contribution in [0.3, 0.4) is 0 Å². The fourth-order valence-electron chi connectivity index (χ4n) is 1.57. The van der Waals surface area contributed by atoms with Crippen molar-refractivity contribution >= 4 is 27.2 Å². The molecule has 0 aliphatic carbocycles. The van der Waals surface area contributed by atoms with Crippen molar-refractivity contribution in [2.45, 2.75) is 31.1 Å². The quantitative estimate of drug-likeness (QED) is 0.591. The number of sulfonamides is 1. The van der Waals surface area contributed by atoms with E-state index in [-0.39, 0.29) is 0 Å². The van der Waals surface area contributed by atoms with Crippen LogP contribution in [0.5, 0.6) is 0 Å². The van der Waals surface area contributed by atoms with Gasteiger partial charge in [-0.05, 0) is 37.8 Å². The fourth-order valence-corrected chi connectivity index (χ4v) is 3.03. The lowest BCUT2D eigenvalue weighted by Crippen LogP contribution is -2.25. The fraction of sp³-hybridized carbons (Fsp3) is 0.417. The van der Waals surface area contributed by atoms with Gasteiger partial charge in [0.15, 0.2) is 0 Å². The lowest BCUT2D eigenvalue weighted by atomic mass is 10.2. The molecule has 6 heteroatoms. The molecule has 0 fully saturated rings. The van der Waals surface area contributed by atoms with E-state index in [4.69, 9.17) is 18.0 Å². The third kappa shape index (κ3) is 4.72. The summed E-state index contributed by atoms with van der Waals surface area (Å²) in [5.41, 5.74) is 6.11. The van der Waals surface area contributed by atoms with Crippen LogP contribution in [0, 0.1) is 6.92 Å². The molecule has 1 aromatic carbocycles. The molecule has 0 heterocycles. The molecule has 18 heavy (non-hydrogen) atoms. The first-order valence-corrected chi connectivity index (χ1v) is 7.66. The van der Waals surface area contributed by atoms with Gasteiger partial charge in [0.2, 0.25) is 10.0 Å². The number of nitrogens with one attached hydrogen (secondary N) is 1. The topological polar surface area (TPSA) is 72.2 Å². The minimum absolute atomic E-state index is 0.333. The molecule has 0 spiro atoms. The van der Waals surface area contributed by atoms with Crippen LogP contribution < -0.4 is 10.5 Å². The molecule has 0 atom stereocenters. The van der Waals surface area contributed by atoms with Crippen molar-refractivity contribution in [3.05, 3.63) is 29.8 Å². The van der Waals surface area contributed by atoms with Gasteiger partial charge < -0.3 is 5.73 Å². The molecule has 0 unspecified atom stereocenters. The molecule has 100 valence electrons. The van der Waals surface area contributed by atoms with Gasteiger partial charge in [-0.3, -0.25) is 0 Å². The highest BCUT2D eigenvalue weighted by Gasteiger charge is 2.14. The van der Waals surface area contributed by atoms with Gasteiger partial charge >= 0.3 is 0 Å². The van der Waals surface area contributed by atoms with E-state index in [9.17, 15) is 8.42 Å². The highest BCUT2D eigenvalue weighted by atomic mass is 32.2. The molecule has 3 N–H and O–H groups in total. The van der Waals surface area contributed by atoms with Crippen LogP contribution >= 0.6 is 12.2 Å². The Balaban J connectivity index is 2.51. The maximum atomic E-state index is 12.0. The Labute approximate surface area is 114 Å². The molecule has 0 bridgehead atoms. The zero-order chi connectivity index (χ0) is 13.6. The minimum atomic E-state index is -3.41. The number of hydrogen-bond acceptors (Lipinski definition) is 3. The molecule has 0 radical (unpaired) electrons. The molecule has 1 rings (SSSR count). The Morgan fingerprint density at radius 1 is 1.33 bits per heavy atom. The number of rotatable bonds is 7. The summed E-state index contributed by atoms with van der Waals surface area (Å²) < 4.78 is 26.6. The molecule has 0 aromatic heterocycles. The van der Waals surface area contributed by atoms with Gasteiger partial charge in [-0.1, -0.05) is 30.4 Å². The summed E-state index contributed by atoms with van der Waals surface area (Å²) in [4.78, 5) is 0.802. The van der Waals surface area contributed by atoms with Gasteiger partial charge in [0.1, 0.15) is 0 Å². The van der Waals surface area contributed by atoms with Crippen molar-refractivity contribution in [3.8, 4) is 0 Å². The van der Waals surface area contributed by atoms with Crippen molar-refractivity contribution in [1.82, 2.24) is 4.72 Å². The van der Waals surface area contributed by atoms with E-state index in [1.54, 1.807) is 25.1 Å². The third-order valence-electron chi connectivity index (χ3n) is 2.53. The SMILES string of the molecule is Cc1ccccc1S(=O)(=O)NCCCCC(N)=S. The Kier molecular flexibility index (Phi) is 5.71. The zero-order valence-electron chi connectivity index (χ0n) is 10.3. The van der Waals surface area contributed by atoms with Crippen molar-refractivity contribution in [2.75, 3.05) is 6.54 Å². The second-order valence-corrected chi connectivity index (χ2v) is 6.35. The molecule has 1 aromatic rings. The average Bonchev–Trinajstić information content (AvgIpc) is 2.28. The van der Waals surface area contributed by atoms with Crippen molar-refractivity contribution in [1.29, 1.82) is 0 Å². The Morgan fingerprint density at radius 3 is 2.61 bits per heavy atom.